The van der Waals surface area contributed by atoms with E-state index in [2.05, 4.69) is 53.8 Å². The second-order valence-electron chi connectivity index (χ2n) is 6.81. The Labute approximate surface area is 145 Å². The maximum Gasteiger partial charge on any atom is 0.135 e. The second kappa shape index (κ2) is 7.31. The Balaban J connectivity index is 1.65. The molecule has 24 heavy (non-hydrogen) atoms. The van der Waals surface area contributed by atoms with E-state index in [4.69, 9.17) is 4.98 Å². The first kappa shape index (κ1) is 16.9. The topological polar surface area (TPSA) is 32.3 Å². The number of hydrogen-bond acceptors (Lipinski definition) is 4. The average Bonchev–Trinajstić information content (AvgIpc) is 2.58. The molecule has 1 aromatic heterocycles. The van der Waals surface area contributed by atoms with Gasteiger partial charge in [0.25, 0.3) is 0 Å². The Kier molecular flexibility index (Phi) is 5.14. The Hall–Kier alpha value is -1.94. The molecule has 0 unspecified atom stereocenters. The van der Waals surface area contributed by atoms with E-state index in [9.17, 15) is 0 Å². The summed E-state index contributed by atoms with van der Waals surface area (Å²) in [6.45, 7) is 13.8. The first-order chi connectivity index (χ1) is 11.6. The van der Waals surface area contributed by atoms with Gasteiger partial charge in [-0.25, -0.2) is 9.97 Å². The van der Waals surface area contributed by atoms with E-state index in [1.807, 2.05) is 13.1 Å². The molecule has 0 amide bonds. The van der Waals surface area contributed by atoms with Crippen LogP contribution in [0.25, 0.3) is 0 Å². The lowest BCUT2D eigenvalue weighted by Gasteiger charge is -2.36. The molecular formula is C20H28N4. The van der Waals surface area contributed by atoms with Crippen molar-refractivity contribution in [2.45, 2.75) is 40.7 Å². The van der Waals surface area contributed by atoms with E-state index in [1.54, 1.807) is 0 Å². The van der Waals surface area contributed by atoms with Crippen LogP contribution in [0.2, 0.25) is 0 Å². The Bertz CT molecular complexity index is 703. The maximum absolute atomic E-state index is 4.70. The van der Waals surface area contributed by atoms with Crippen LogP contribution in [0.3, 0.4) is 0 Å². The number of anilines is 1. The van der Waals surface area contributed by atoms with Crippen LogP contribution in [-0.4, -0.2) is 41.0 Å². The SMILES string of the molecule is CCc1cnc(C)nc1N1CCN(Cc2ccc(C)cc2C)CC1. The first-order valence-corrected chi connectivity index (χ1v) is 8.92. The van der Waals surface area contributed by atoms with Crippen LogP contribution in [0, 0.1) is 20.8 Å². The van der Waals surface area contributed by atoms with Gasteiger partial charge < -0.3 is 4.90 Å². The number of aryl methyl sites for hydroxylation is 4. The molecule has 4 nitrogen and oxygen atoms in total. The van der Waals surface area contributed by atoms with Gasteiger partial charge in [-0.15, -0.1) is 0 Å². The molecule has 1 aromatic carbocycles. The highest BCUT2D eigenvalue weighted by Gasteiger charge is 2.20. The zero-order chi connectivity index (χ0) is 17.1. The Morgan fingerprint density at radius 3 is 2.42 bits per heavy atom. The third-order valence-electron chi connectivity index (χ3n) is 4.91. The monoisotopic (exact) mass is 324 g/mol. The largest absolute Gasteiger partial charge is 0.354 e. The van der Waals surface area contributed by atoms with Gasteiger partial charge >= 0.3 is 0 Å². The van der Waals surface area contributed by atoms with E-state index in [1.165, 1.54) is 22.3 Å². The molecule has 128 valence electrons. The van der Waals surface area contributed by atoms with Crippen molar-refractivity contribution >= 4 is 5.82 Å². The lowest BCUT2D eigenvalue weighted by Crippen LogP contribution is -2.46. The minimum absolute atomic E-state index is 0.861. The third kappa shape index (κ3) is 3.75. The van der Waals surface area contributed by atoms with Gasteiger partial charge in [0, 0.05) is 44.5 Å². The van der Waals surface area contributed by atoms with Gasteiger partial charge in [0.1, 0.15) is 11.6 Å². The number of piperazine rings is 1. The van der Waals surface area contributed by atoms with Gasteiger partial charge in [-0.2, -0.15) is 0 Å². The summed E-state index contributed by atoms with van der Waals surface area (Å²) < 4.78 is 0. The van der Waals surface area contributed by atoms with Gasteiger partial charge in [-0.05, 0) is 38.3 Å². The van der Waals surface area contributed by atoms with Gasteiger partial charge in [0.15, 0.2) is 0 Å². The molecular weight excluding hydrogens is 296 g/mol. The molecule has 4 heteroatoms. The molecule has 0 N–H and O–H groups in total. The number of benzene rings is 1. The number of nitrogens with zero attached hydrogens (tertiary/aromatic N) is 4. The van der Waals surface area contributed by atoms with Crippen molar-refractivity contribution in [2.24, 2.45) is 0 Å². The standard InChI is InChI=1S/C20H28N4/c1-5-18-13-21-17(4)22-20(18)24-10-8-23(9-11-24)14-19-7-6-15(2)12-16(19)3/h6-7,12-13H,5,8-11,14H2,1-4H3. The molecule has 0 saturated carbocycles. The van der Waals surface area contributed by atoms with E-state index in [0.29, 0.717) is 0 Å². The van der Waals surface area contributed by atoms with Crippen LogP contribution in [0.4, 0.5) is 5.82 Å². The fourth-order valence-corrected chi connectivity index (χ4v) is 3.39. The molecule has 3 rings (SSSR count). The van der Waals surface area contributed by atoms with Crippen molar-refractivity contribution in [1.82, 2.24) is 14.9 Å². The van der Waals surface area contributed by atoms with Crippen LogP contribution in [0.1, 0.15) is 35.0 Å². The quantitative estimate of drug-likeness (QED) is 0.864. The second-order valence-corrected chi connectivity index (χ2v) is 6.81. The van der Waals surface area contributed by atoms with Crippen molar-refractivity contribution in [1.29, 1.82) is 0 Å². The summed E-state index contributed by atoms with van der Waals surface area (Å²) in [4.78, 5) is 14.0. The number of aromatic nitrogens is 2. The molecule has 0 spiro atoms. The summed E-state index contributed by atoms with van der Waals surface area (Å²) in [6, 6.07) is 6.78. The van der Waals surface area contributed by atoms with Crippen molar-refractivity contribution in [3.05, 3.63) is 52.5 Å². The van der Waals surface area contributed by atoms with Gasteiger partial charge in [0.2, 0.25) is 0 Å². The van der Waals surface area contributed by atoms with Gasteiger partial charge in [-0.3, -0.25) is 4.90 Å². The molecule has 2 heterocycles. The molecule has 1 aliphatic heterocycles. The summed E-state index contributed by atoms with van der Waals surface area (Å²) in [6.07, 6.45) is 2.97. The molecule has 0 aliphatic carbocycles. The van der Waals surface area contributed by atoms with Crippen LogP contribution < -0.4 is 4.90 Å². The van der Waals surface area contributed by atoms with E-state index in [0.717, 1.165) is 50.8 Å². The van der Waals surface area contributed by atoms with Crippen LogP contribution in [0.15, 0.2) is 24.4 Å². The van der Waals surface area contributed by atoms with Crippen LogP contribution in [-0.2, 0) is 13.0 Å². The third-order valence-corrected chi connectivity index (χ3v) is 4.91. The fourth-order valence-electron chi connectivity index (χ4n) is 3.39. The van der Waals surface area contributed by atoms with E-state index in [-0.39, 0.29) is 0 Å². The summed E-state index contributed by atoms with van der Waals surface area (Å²) in [7, 11) is 0. The minimum atomic E-state index is 0.861. The smallest absolute Gasteiger partial charge is 0.135 e. The predicted molar refractivity (Wildman–Crippen MR) is 99.6 cm³/mol. The maximum atomic E-state index is 4.70. The van der Waals surface area contributed by atoms with Crippen molar-refractivity contribution in [3.8, 4) is 0 Å². The summed E-state index contributed by atoms with van der Waals surface area (Å²) in [5.41, 5.74) is 5.44. The zero-order valence-electron chi connectivity index (χ0n) is 15.3. The molecule has 1 saturated heterocycles. The molecule has 0 radical (unpaired) electrons. The Morgan fingerprint density at radius 2 is 1.75 bits per heavy atom. The highest BCUT2D eigenvalue weighted by molar-refractivity contribution is 5.46. The predicted octanol–water partition coefficient (Wildman–Crippen LogP) is 3.29. The molecule has 2 aromatic rings. The summed E-state index contributed by atoms with van der Waals surface area (Å²) in [5.74, 6) is 2.00. The normalized spacial score (nSPS) is 15.8. The number of rotatable bonds is 4. The zero-order valence-corrected chi connectivity index (χ0v) is 15.3. The van der Waals surface area contributed by atoms with E-state index >= 15 is 0 Å². The highest BCUT2D eigenvalue weighted by Crippen LogP contribution is 2.21. The number of hydrogen-bond donors (Lipinski definition) is 0. The van der Waals surface area contributed by atoms with E-state index < -0.39 is 0 Å². The summed E-state index contributed by atoms with van der Waals surface area (Å²) in [5, 5.41) is 0. The van der Waals surface area contributed by atoms with Crippen LogP contribution in [0.5, 0.6) is 0 Å². The average molecular weight is 324 g/mol. The van der Waals surface area contributed by atoms with Crippen molar-refractivity contribution < 1.29 is 0 Å². The fraction of sp³-hybridized carbons (Fsp3) is 0.500. The van der Waals surface area contributed by atoms with Gasteiger partial charge in [-0.1, -0.05) is 30.7 Å². The van der Waals surface area contributed by atoms with Crippen LogP contribution >= 0.6 is 0 Å². The molecule has 1 aliphatic rings. The lowest BCUT2D eigenvalue weighted by atomic mass is 10.1. The Morgan fingerprint density at radius 1 is 1.00 bits per heavy atom. The lowest BCUT2D eigenvalue weighted by molar-refractivity contribution is 0.248. The first-order valence-electron chi connectivity index (χ1n) is 8.92. The molecule has 1 fully saturated rings. The molecule has 0 atom stereocenters. The summed E-state index contributed by atoms with van der Waals surface area (Å²) >= 11 is 0. The highest BCUT2D eigenvalue weighted by atomic mass is 15.3. The van der Waals surface area contributed by atoms with Crippen molar-refractivity contribution in [3.63, 3.8) is 0 Å². The van der Waals surface area contributed by atoms with Crippen molar-refractivity contribution in [2.75, 3.05) is 31.1 Å². The molecule has 0 bridgehead atoms. The minimum Gasteiger partial charge on any atom is -0.354 e. The van der Waals surface area contributed by atoms with Gasteiger partial charge in [0.05, 0.1) is 0 Å².